The van der Waals surface area contributed by atoms with E-state index in [4.69, 9.17) is 9.72 Å². The Morgan fingerprint density at radius 1 is 1.03 bits per heavy atom. The highest BCUT2D eigenvalue weighted by atomic mass is 32.2. The van der Waals surface area contributed by atoms with Crippen molar-refractivity contribution in [3.05, 3.63) is 65.9 Å². The number of methoxy groups -OCH3 is 1. The summed E-state index contributed by atoms with van der Waals surface area (Å²) in [6.45, 7) is 7.30. The van der Waals surface area contributed by atoms with Gasteiger partial charge >= 0.3 is 0 Å². The second-order valence-electron chi connectivity index (χ2n) is 8.78. The first-order chi connectivity index (χ1) is 17.0. The first kappa shape index (κ1) is 23.2. The molecule has 1 fully saturated rings. The van der Waals surface area contributed by atoms with Crippen LogP contribution >= 0.6 is 11.8 Å². The van der Waals surface area contributed by atoms with Crippen LogP contribution in [0.3, 0.4) is 0 Å². The molecule has 0 unspecified atom stereocenters. The van der Waals surface area contributed by atoms with Gasteiger partial charge in [0.25, 0.3) is 0 Å². The number of anilines is 1. The largest absolute Gasteiger partial charge is 0.497 e. The third kappa shape index (κ3) is 5.12. The minimum Gasteiger partial charge on any atom is -0.497 e. The van der Waals surface area contributed by atoms with Crippen molar-refractivity contribution in [2.75, 3.05) is 43.9 Å². The number of thioether (sulfide) groups is 1. The summed E-state index contributed by atoms with van der Waals surface area (Å²) in [5.41, 5.74) is 6.54. The van der Waals surface area contributed by atoms with Crippen LogP contribution in [0, 0.1) is 13.8 Å². The number of aryl methyl sites for hydroxylation is 2. The molecule has 8 heteroatoms. The van der Waals surface area contributed by atoms with Crippen molar-refractivity contribution in [3.8, 4) is 17.1 Å². The molecule has 3 heterocycles. The number of piperazine rings is 1. The topological polar surface area (TPSA) is 74.3 Å². The van der Waals surface area contributed by atoms with Crippen LogP contribution in [0.1, 0.15) is 11.1 Å². The lowest BCUT2D eigenvalue weighted by Crippen LogP contribution is -2.49. The standard InChI is InChI=1S/C27H29N5O2S/c1-18-14-23-24(15-19(18)2)30-27(29-23)20-4-9-25(28-16-20)35-17-26(33)32-12-10-31(11-13-32)21-5-7-22(34-3)8-6-21/h4-9,14-16H,10-13,17H2,1-3H3,(H,29,30). The lowest BCUT2D eigenvalue weighted by atomic mass is 10.1. The van der Waals surface area contributed by atoms with Crippen LogP contribution in [0.4, 0.5) is 5.69 Å². The number of hydrogen-bond donors (Lipinski definition) is 1. The van der Waals surface area contributed by atoms with Gasteiger partial charge in [0.05, 0.1) is 28.9 Å². The SMILES string of the molecule is COc1ccc(N2CCN(C(=O)CSc3ccc(-c4nc5cc(C)c(C)cc5[nH]4)cn3)CC2)cc1. The van der Waals surface area contributed by atoms with E-state index in [-0.39, 0.29) is 5.91 Å². The summed E-state index contributed by atoms with van der Waals surface area (Å²) in [5, 5.41) is 0.835. The van der Waals surface area contributed by atoms with E-state index in [0.717, 1.165) is 65.1 Å². The molecule has 0 aliphatic carbocycles. The molecule has 0 atom stereocenters. The fourth-order valence-electron chi connectivity index (χ4n) is 4.25. The number of nitrogens with one attached hydrogen (secondary N) is 1. The molecule has 1 saturated heterocycles. The van der Waals surface area contributed by atoms with Crippen molar-refractivity contribution in [1.82, 2.24) is 19.9 Å². The fraction of sp³-hybridized carbons (Fsp3) is 0.296. The number of carbonyl (C=O) groups is 1. The Hall–Kier alpha value is -3.52. The lowest BCUT2D eigenvalue weighted by molar-refractivity contribution is -0.128. The Balaban J connectivity index is 1.14. The molecule has 0 bridgehead atoms. The van der Waals surface area contributed by atoms with Crippen molar-refractivity contribution in [1.29, 1.82) is 0 Å². The molecule has 0 spiro atoms. The highest BCUT2D eigenvalue weighted by molar-refractivity contribution is 7.99. The molecule has 2 aromatic heterocycles. The van der Waals surface area contributed by atoms with E-state index in [9.17, 15) is 4.79 Å². The summed E-state index contributed by atoms with van der Waals surface area (Å²) >= 11 is 1.48. The number of H-pyrrole nitrogens is 1. The number of benzene rings is 2. The zero-order valence-corrected chi connectivity index (χ0v) is 21.1. The number of ether oxygens (including phenoxy) is 1. The lowest BCUT2D eigenvalue weighted by Gasteiger charge is -2.36. The summed E-state index contributed by atoms with van der Waals surface area (Å²) in [6, 6.07) is 16.3. The van der Waals surface area contributed by atoms with Gasteiger partial charge in [0.1, 0.15) is 11.6 Å². The molecule has 5 rings (SSSR count). The Morgan fingerprint density at radius 3 is 2.46 bits per heavy atom. The smallest absolute Gasteiger partial charge is 0.233 e. The van der Waals surface area contributed by atoms with Gasteiger partial charge in [-0.2, -0.15) is 0 Å². The van der Waals surface area contributed by atoms with Crippen molar-refractivity contribution < 1.29 is 9.53 Å². The van der Waals surface area contributed by atoms with Gasteiger partial charge in [-0.3, -0.25) is 4.79 Å². The molecule has 0 saturated carbocycles. The van der Waals surface area contributed by atoms with Crippen molar-refractivity contribution in [3.63, 3.8) is 0 Å². The molecule has 1 aliphatic rings. The number of imidazole rings is 1. The highest BCUT2D eigenvalue weighted by Gasteiger charge is 2.21. The Kier molecular flexibility index (Phi) is 6.63. The maximum absolute atomic E-state index is 12.8. The average molecular weight is 488 g/mol. The van der Waals surface area contributed by atoms with Gasteiger partial charge in [0, 0.05) is 43.6 Å². The first-order valence-corrected chi connectivity index (χ1v) is 12.7. The molecule has 7 nitrogen and oxygen atoms in total. The van der Waals surface area contributed by atoms with E-state index in [1.807, 2.05) is 35.4 Å². The van der Waals surface area contributed by atoms with E-state index >= 15 is 0 Å². The summed E-state index contributed by atoms with van der Waals surface area (Å²) in [7, 11) is 1.67. The monoisotopic (exact) mass is 487 g/mol. The summed E-state index contributed by atoms with van der Waals surface area (Å²) in [4.78, 5) is 29.7. The number of hydrogen-bond acceptors (Lipinski definition) is 6. The minimum absolute atomic E-state index is 0.151. The first-order valence-electron chi connectivity index (χ1n) is 11.7. The zero-order valence-electron chi connectivity index (χ0n) is 20.2. The predicted octanol–water partition coefficient (Wildman–Crippen LogP) is 4.69. The maximum Gasteiger partial charge on any atom is 0.233 e. The molecule has 4 aromatic rings. The van der Waals surface area contributed by atoms with Crippen LogP contribution < -0.4 is 9.64 Å². The summed E-state index contributed by atoms with van der Waals surface area (Å²) < 4.78 is 5.23. The number of aromatic nitrogens is 3. The van der Waals surface area contributed by atoms with Crippen LogP contribution in [0.15, 0.2) is 59.8 Å². The van der Waals surface area contributed by atoms with Gasteiger partial charge in [-0.05, 0) is 73.5 Å². The van der Waals surface area contributed by atoms with Crippen LogP contribution in [-0.4, -0.2) is 64.8 Å². The van der Waals surface area contributed by atoms with Gasteiger partial charge in [-0.15, -0.1) is 0 Å². The van der Waals surface area contributed by atoms with Crippen LogP contribution in [-0.2, 0) is 4.79 Å². The highest BCUT2D eigenvalue weighted by Crippen LogP contribution is 2.25. The van der Waals surface area contributed by atoms with Crippen molar-refractivity contribution in [2.45, 2.75) is 18.9 Å². The molecule has 180 valence electrons. The van der Waals surface area contributed by atoms with Crippen LogP contribution in [0.25, 0.3) is 22.4 Å². The zero-order chi connectivity index (χ0) is 24.4. The molecule has 0 radical (unpaired) electrons. The van der Waals surface area contributed by atoms with E-state index in [1.165, 1.54) is 22.9 Å². The number of carbonyl (C=O) groups excluding carboxylic acids is 1. The molecule has 1 amide bonds. The van der Waals surface area contributed by atoms with E-state index < -0.39 is 0 Å². The number of rotatable bonds is 6. The van der Waals surface area contributed by atoms with Crippen molar-refractivity contribution >= 4 is 34.4 Å². The third-order valence-corrected chi connectivity index (χ3v) is 7.45. The van der Waals surface area contributed by atoms with Gasteiger partial charge in [0.2, 0.25) is 5.91 Å². The van der Waals surface area contributed by atoms with E-state index in [2.05, 4.69) is 53.0 Å². The Labute approximate surface area is 209 Å². The van der Waals surface area contributed by atoms with Crippen LogP contribution in [0.5, 0.6) is 5.75 Å². The maximum atomic E-state index is 12.8. The Morgan fingerprint density at radius 2 is 1.77 bits per heavy atom. The van der Waals surface area contributed by atoms with E-state index in [0.29, 0.717) is 5.75 Å². The van der Waals surface area contributed by atoms with Crippen LogP contribution in [0.2, 0.25) is 0 Å². The normalized spacial score (nSPS) is 13.9. The van der Waals surface area contributed by atoms with Crippen molar-refractivity contribution in [2.24, 2.45) is 0 Å². The molecular formula is C27H29N5O2S. The number of nitrogens with zero attached hydrogens (tertiary/aromatic N) is 4. The third-order valence-electron chi connectivity index (χ3n) is 6.52. The number of fused-ring (bicyclic) bond motifs is 1. The predicted molar refractivity (Wildman–Crippen MR) is 141 cm³/mol. The van der Waals surface area contributed by atoms with E-state index in [1.54, 1.807) is 7.11 Å². The minimum atomic E-state index is 0.151. The number of amides is 1. The molecule has 1 N–H and O–H groups in total. The second kappa shape index (κ2) is 10.00. The Bertz CT molecular complexity index is 1290. The molecule has 2 aromatic carbocycles. The van der Waals surface area contributed by atoms with Gasteiger partial charge < -0.3 is 19.5 Å². The quantitative estimate of drug-likeness (QED) is 0.398. The fourth-order valence-corrected chi connectivity index (χ4v) is 4.99. The molecule has 35 heavy (non-hydrogen) atoms. The van der Waals surface area contributed by atoms with Gasteiger partial charge in [-0.1, -0.05) is 11.8 Å². The second-order valence-corrected chi connectivity index (χ2v) is 9.77. The number of pyridine rings is 1. The number of aromatic amines is 1. The molecular weight excluding hydrogens is 458 g/mol. The summed E-state index contributed by atoms with van der Waals surface area (Å²) in [6.07, 6.45) is 1.82. The molecule has 1 aliphatic heterocycles. The summed E-state index contributed by atoms with van der Waals surface area (Å²) in [5.74, 6) is 2.19. The van der Waals surface area contributed by atoms with Gasteiger partial charge in [-0.25, -0.2) is 9.97 Å². The van der Waals surface area contributed by atoms with Gasteiger partial charge in [0.15, 0.2) is 0 Å². The average Bonchev–Trinajstić information content (AvgIpc) is 3.30.